The molecule has 5 rings (SSSR count). The van der Waals surface area contributed by atoms with Gasteiger partial charge in [-0.2, -0.15) is 0 Å². The van der Waals surface area contributed by atoms with Crippen LogP contribution in [0.15, 0.2) is 76.1 Å². The average Bonchev–Trinajstić information content (AvgIpc) is 3.06. The quantitative estimate of drug-likeness (QED) is 0.516. The number of hydrogen-bond acceptors (Lipinski definition) is 5. The first-order valence-electron chi connectivity index (χ1n) is 9.54. The number of nitrogens with zero attached hydrogens (tertiary/aromatic N) is 2. The van der Waals surface area contributed by atoms with E-state index >= 15 is 0 Å². The highest BCUT2D eigenvalue weighted by Crippen LogP contribution is 2.40. The minimum atomic E-state index is -0.645. The van der Waals surface area contributed by atoms with Crippen molar-refractivity contribution in [3.63, 3.8) is 0 Å². The summed E-state index contributed by atoms with van der Waals surface area (Å²) in [6, 6.07) is 17.3. The Balaban J connectivity index is 1.80. The second-order valence-electron chi connectivity index (χ2n) is 7.21. The van der Waals surface area contributed by atoms with E-state index < -0.39 is 6.04 Å². The van der Waals surface area contributed by atoms with Gasteiger partial charge in [0, 0.05) is 6.20 Å². The van der Waals surface area contributed by atoms with Gasteiger partial charge in [0.05, 0.1) is 24.1 Å². The van der Waals surface area contributed by atoms with E-state index in [0.29, 0.717) is 28.1 Å². The van der Waals surface area contributed by atoms with Crippen molar-refractivity contribution in [1.29, 1.82) is 0 Å². The Morgan fingerprint density at radius 2 is 1.80 bits per heavy atom. The summed E-state index contributed by atoms with van der Waals surface area (Å²) in [4.78, 5) is 32.8. The molecule has 0 bridgehead atoms. The molecule has 6 nitrogen and oxygen atoms in total. The normalized spacial score (nSPS) is 15.5. The summed E-state index contributed by atoms with van der Waals surface area (Å²) < 4.78 is 11.2. The van der Waals surface area contributed by atoms with Crippen LogP contribution in [0.5, 0.6) is 5.75 Å². The second-order valence-corrected chi connectivity index (χ2v) is 7.21. The Kier molecular flexibility index (Phi) is 4.13. The van der Waals surface area contributed by atoms with Crippen LogP contribution in [0.3, 0.4) is 0 Å². The van der Waals surface area contributed by atoms with Crippen molar-refractivity contribution in [2.24, 2.45) is 0 Å². The van der Waals surface area contributed by atoms with Crippen LogP contribution in [0.1, 0.15) is 33.3 Å². The van der Waals surface area contributed by atoms with Gasteiger partial charge in [-0.3, -0.25) is 14.5 Å². The van der Waals surface area contributed by atoms with Gasteiger partial charge in [0.25, 0.3) is 5.91 Å². The standard InChI is InChI=1S/C24H18N2O4/c1-14-11-12-25-19(13-14)26-21(15-7-9-16(29-2)10-8-15)20-22(27)17-5-3-4-6-18(17)30-23(20)24(26)28/h3-13,21H,1-2H3/t21-/m0/s1. The lowest BCUT2D eigenvalue weighted by Gasteiger charge is -2.24. The number of anilines is 1. The Morgan fingerprint density at radius 3 is 2.53 bits per heavy atom. The molecule has 0 fully saturated rings. The van der Waals surface area contributed by atoms with Gasteiger partial charge in [0.15, 0.2) is 5.43 Å². The molecule has 0 saturated heterocycles. The summed E-state index contributed by atoms with van der Waals surface area (Å²) in [5, 5.41) is 0.446. The predicted octanol–water partition coefficient (Wildman–Crippen LogP) is 4.25. The molecule has 1 aliphatic rings. The Morgan fingerprint density at radius 1 is 1.03 bits per heavy atom. The summed E-state index contributed by atoms with van der Waals surface area (Å²) >= 11 is 0. The molecule has 0 saturated carbocycles. The van der Waals surface area contributed by atoms with Crippen LogP contribution >= 0.6 is 0 Å². The first-order chi connectivity index (χ1) is 14.6. The summed E-state index contributed by atoms with van der Waals surface area (Å²) in [6.07, 6.45) is 1.65. The van der Waals surface area contributed by atoms with E-state index in [1.165, 1.54) is 4.90 Å². The topological polar surface area (TPSA) is 72.6 Å². The molecule has 1 aliphatic heterocycles. The molecule has 3 heterocycles. The van der Waals surface area contributed by atoms with E-state index in [-0.39, 0.29) is 17.1 Å². The smallest absolute Gasteiger partial charge is 0.296 e. The molecule has 6 heteroatoms. The van der Waals surface area contributed by atoms with E-state index in [2.05, 4.69) is 4.98 Å². The molecule has 0 N–H and O–H groups in total. The molecule has 30 heavy (non-hydrogen) atoms. The molecule has 2 aromatic carbocycles. The van der Waals surface area contributed by atoms with Crippen LogP contribution in [-0.2, 0) is 0 Å². The molecule has 148 valence electrons. The Labute approximate surface area is 172 Å². The minimum Gasteiger partial charge on any atom is -0.497 e. The van der Waals surface area contributed by atoms with E-state index in [9.17, 15) is 9.59 Å². The molecule has 1 amide bonds. The molecule has 2 aromatic heterocycles. The Bertz CT molecular complexity index is 1340. The third-order valence-electron chi connectivity index (χ3n) is 5.36. The number of pyridine rings is 1. The van der Waals surface area contributed by atoms with Crippen LogP contribution in [0, 0.1) is 6.92 Å². The lowest BCUT2D eigenvalue weighted by atomic mass is 9.98. The SMILES string of the molecule is COc1ccc([C@H]2c3c(oc4ccccc4c3=O)C(=O)N2c2cc(C)ccn2)cc1. The van der Waals surface area contributed by atoms with Crippen LogP contribution in [-0.4, -0.2) is 18.0 Å². The van der Waals surface area contributed by atoms with E-state index in [4.69, 9.17) is 9.15 Å². The second kappa shape index (κ2) is 6.84. The molecule has 0 spiro atoms. The van der Waals surface area contributed by atoms with Crippen molar-refractivity contribution in [2.75, 3.05) is 12.0 Å². The molecular formula is C24H18N2O4. The van der Waals surface area contributed by atoms with Crippen LogP contribution in [0.2, 0.25) is 0 Å². The Hall–Kier alpha value is -3.93. The number of para-hydroxylation sites is 1. The van der Waals surface area contributed by atoms with Crippen LogP contribution in [0.25, 0.3) is 11.0 Å². The molecule has 0 radical (unpaired) electrons. The number of carbonyl (C=O) groups is 1. The average molecular weight is 398 g/mol. The number of aryl methyl sites for hydroxylation is 1. The number of ether oxygens (including phenoxy) is 1. The number of carbonyl (C=O) groups excluding carboxylic acids is 1. The van der Waals surface area contributed by atoms with Gasteiger partial charge in [0.2, 0.25) is 5.76 Å². The number of hydrogen-bond donors (Lipinski definition) is 0. The molecule has 1 atom stereocenters. The first-order valence-corrected chi connectivity index (χ1v) is 9.54. The highest BCUT2D eigenvalue weighted by molar-refractivity contribution is 6.10. The third-order valence-corrected chi connectivity index (χ3v) is 5.36. The highest BCUT2D eigenvalue weighted by Gasteiger charge is 2.44. The maximum absolute atomic E-state index is 13.4. The van der Waals surface area contributed by atoms with Gasteiger partial charge >= 0.3 is 0 Å². The van der Waals surface area contributed by atoms with Gasteiger partial charge in [0.1, 0.15) is 17.2 Å². The number of rotatable bonds is 3. The van der Waals surface area contributed by atoms with E-state index in [0.717, 1.165) is 11.1 Å². The van der Waals surface area contributed by atoms with Crippen molar-refractivity contribution in [3.8, 4) is 5.75 Å². The molecular weight excluding hydrogens is 380 g/mol. The lowest BCUT2D eigenvalue weighted by Crippen LogP contribution is -2.30. The monoisotopic (exact) mass is 398 g/mol. The summed E-state index contributed by atoms with van der Waals surface area (Å²) in [5.74, 6) is 0.833. The van der Waals surface area contributed by atoms with E-state index in [1.807, 2.05) is 43.3 Å². The van der Waals surface area contributed by atoms with Gasteiger partial charge in [-0.25, -0.2) is 4.98 Å². The van der Waals surface area contributed by atoms with Crippen molar-refractivity contribution in [2.45, 2.75) is 13.0 Å². The molecule has 4 aromatic rings. The zero-order valence-corrected chi connectivity index (χ0v) is 16.5. The minimum absolute atomic E-state index is 0.0582. The maximum Gasteiger partial charge on any atom is 0.296 e. The fraction of sp³-hybridized carbons (Fsp3) is 0.125. The number of aromatic nitrogens is 1. The summed E-state index contributed by atoms with van der Waals surface area (Å²) in [7, 11) is 1.59. The van der Waals surface area contributed by atoms with Crippen molar-refractivity contribution in [3.05, 3.63) is 99.5 Å². The van der Waals surface area contributed by atoms with Crippen molar-refractivity contribution >= 4 is 22.7 Å². The van der Waals surface area contributed by atoms with Crippen LogP contribution < -0.4 is 15.1 Å². The first kappa shape index (κ1) is 18.1. The van der Waals surface area contributed by atoms with Gasteiger partial charge < -0.3 is 9.15 Å². The fourth-order valence-electron chi connectivity index (χ4n) is 3.91. The number of amides is 1. The van der Waals surface area contributed by atoms with Gasteiger partial charge in [-0.05, 0) is 54.4 Å². The summed E-state index contributed by atoms with van der Waals surface area (Å²) in [5.41, 5.74) is 2.24. The van der Waals surface area contributed by atoms with E-state index in [1.54, 1.807) is 37.6 Å². The van der Waals surface area contributed by atoms with Crippen molar-refractivity contribution < 1.29 is 13.9 Å². The van der Waals surface area contributed by atoms with Gasteiger partial charge in [-0.15, -0.1) is 0 Å². The number of benzene rings is 2. The zero-order valence-electron chi connectivity index (χ0n) is 16.5. The third kappa shape index (κ3) is 2.69. The summed E-state index contributed by atoms with van der Waals surface area (Å²) in [6.45, 7) is 1.93. The largest absolute Gasteiger partial charge is 0.497 e. The fourth-order valence-corrected chi connectivity index (χ4v) is 3.91. The predicted molar refractivity (Wildman–Crippen MR) is 113 cm³/mol. The maximum atomic E-state index is 13.4. The molecule has 0 unspecified atom stereocenters. The van der Waals surface area contributed by atoms with Crippen molar-refractivity contribution in [1.82, 2.24) is 4.98 Å². The lowest BCUT2D eigenvalue weighted by molar-refractivity contribution is 0.0970. The highest BCUT2D eigenvalue weighted by atomic mass is 16.5. The number of fused-ring (bicyclic) bond motifs is 2. The van der Waals surface area contributed by atoms with Crippen LogP contribution in [0.4, 0.5) is 5.82 Å². The number of methoxy groups -OCH3 is 1. The molecule has 0 aliphatic carbocycles. The zero-order chi connectivity index (χ0) is 20.8. The van der Waals surface area contributed by atoms with Gasteiger partial charge in [-0.1, -0.05) is 24.3 Å².